The molecule has 0 saturated heterocycles. The van der Waals surface area contributed by atoms with Crippen LogP contribution in [0, 0.1) is 13.8 Å². The zero-order valence-corrected chi connectivity index (χ0v) is 20.6. The van der Waals surface area contributed by atoms with Gasteiger partial charge in [-0.1, -0.05) is 23.9 Å². The molecule has 2 aromatic carbocycles. The van der Waals surface area contributed by atoms with E-state index >= 15 is 0 Å². The highest BCUT2D eigenvalue weighted by molar-refractivity contribution is 7.99. The van der Waals surface area contributed by atoms with E-state index in [1.807, 2.05) is 44.2 Å². The number of nitrogens with one attached hydrogen (secondary N) is 2. The van der Waals surface area contributed by atoms with Gasteiger partial charge in [0.05, 0.1) is 12.9 Å². The molecule has 35 heavy (non-hydrogen) atoms. The van der Waals surface area contributed by atoms with Gasteiger partial charge >= 0.3 is 0 Å². The van der Waals surface area contributed by atoms with Gasteiger partial charge in [-0.2, -0.15) is 9.61 Å². The fourth-order valence-corrected chi connectivity index (χ4v) is 4.05. The van der Waals surface area contributed by atoms with E-state index in [-0.39, 0.29) is 17.6 Å². The van der Waals surface area contributed by atoms with Gasteiger partial charge in [-0.3, -0.25) is 9.59 Å². The Bertz CT molecular complexity index is 1350. The molecule has 9 nitrogen and oxygen atoms in total. The number of benzene rings is 2. The zero-order chi connectivity index (χ0) is 24.8. The fraction of sp³-hybridized carbons (Fsp3) is 0.240. The summed E-state index contributed by atoms with van der Waals surface area (Å²) < 4.78 is 6.76. The normalized spacial score (nSPS) is 10.8. The number of rotatable bonds is 9. The first-order valence-corrected chi connectivity index (χ1v) is 12.1. The summed E-state index contributed by atoms with van der Waals surface area (Å²) in [6, 6.07) is 16.4. The fourth-order valence-electron chi connectivity index (χ4n) is 3.39. The van der Waals surface area contributed by atoms with Crippen LogP contribution in [0.3, 0.4) is 0 Å². The van der Waals surface area contributed by atoms with Crippen LogP contribution in [0.5, 0.6) is 5.75 Å². The molecular weight excluding hydrogens is 464 g/mol. The van der Waals surface area contributed by atoms with Crippen LogP contribution >= 0.6 is 11.8 Å². The summed E-state index contributed by atoms with van der Waals surface area (Å²) in [4.78, 5) is 24.8. The molecule has 0 radical (unpaired) electrons. The van der Waals surface area contributed by atoms with E-state index in [9.17, 15) is 9.59 Å². The molecule has 0 bridgehead atoms. The summed E-state index contributed by atoms with van der Waals surface area (Å²) in [5.41, 5.74) is 4.15. The van der Waals surface area contributed by atoms with Crippen LogP contribution in [0.2, 0.25) is 0 Å². The second-order valence-electron chi connectivity index (χ2n) is 7.88. The number of aromatic nitrogens is 4. The molecule has 180 valence electrons. The van der Waals surface area contributed by atoms with Gasteiger partial charge in [0.1, 0.15) is 10.8 Å². The maximum Gasteiger partial charge on any atom is 0.251 e. The van der Waals surface area contributed by atoms with Crippen LogP contribution < -0.4 is 15.4 Å². The SMILES string of the molecule is COc1ccc(C(=O)NCCc2nnc3ccc(SCC(=O)Nc4cccc(C)c4C)nn23)cc1. The molecule has 4 rings (SSSR count). The number of aryl methyl sites for hydroxylation is 1. The predicted octanol–water partition coefficient (Wildman–Crippen LogP) is 3.45. The van der Waals surface area contributed by atoms with Gasteiger partial charge < -0.3 is 15.4 Å². The number of nitrogens with zero attached hydrogens (tertiary/aromatic N) is 4. The van der Waals surface area contributed by atoms with Crippen LogP contribution in [0.1, 0.15) is 27.3 Å². The van der Waals surface area contributed by atoms with Crippen molar-refractivity contribution in [1.29, 1.82) is 0 Å². The van der Waals surface area contributed by atoms with Crippen molar-refractivity contribution in [2.24, 2.45) is 0 Å². The molecule has 0 spiro atoms. The Morgan fingerprint density at radius 1 is 1.03 bits per heavy atom. The number of hydrogen-bond donors (Lipinski definition) is 2. The van der Waals surface area contributed by atoms with Gasteiger partial charge in [-0.25, -0.2) is 0 Å². The number of carbonyl (C=O) groups excluding carboxylic acids is 2. The van der Waals surface area contributed by atoms with Crippen LogP contribution in [-0.4, -0.2) is 51.0 Å². The summed E-state index contributed by atoms with van der Waals surface area (Å²) in [6.45, 7) is 4.38. The van der Waals surface area contributed by atoms with Crippen LogP contribution in [0.15, 0.2) is 59.6 Å². The van der Waals surface area contributed by atoms with Gasteiger partial charge in [0.2, 0.25) is 5.91 Å². The lowest BCUT2D eigenvalue weighted by molar-refractivity contribution is -0.113. The first-order chi connectivity index (χ1) is 16.9. The Morgan fingerprint density at radius 2 is 1.83 bits per heavy atom. The number of methoxy groups -OCH3 is 1. The molecule has 4 aromatic rings. The lowest BCUT2D eigenvalue weighted by Crippen LogP contribution is -2.26. The molecule has 10 heteroatoms. The highest BCUT2D eigenvalue weighted by Crippen LogP contribution is 2.20. The Morgan fingerprint density at radius 3 is 2.60 bits per heavy atom. The average molecular weight is 491 g/mol. The summed E-state index contributed by atoms with van der Waals surface area (Å²) in [7, 11) is 1.58. The van der Waals surface area contributed by atoms with Crippen LogP contribution in [0.4, 0.5) is 5.69 Å². The van der Waals surface area contributed by atoms with E-state index in [0.717, 1.165) is 16.8 Å². The highest BCUT2D eigenvalue weighted by atomic mass is 32.2. The molecule has 2 heterocycles. The standard InChI is InChI=1S/C25H26N6O3S/c1-16-5-4-6-20(17(16)2)27-23(32)15-35-24-12-11-21-28-29-22(31(21)30-24)13-14-26-25(33)18-7-9-19(34-3)10-8-18/h4-12H,13-15H2,1-3H3,(H,26,33)(H,27,32). The highest BCUT2D eigenvalue weighted by Gasteiger charge is 2.12. The number of thioether (sulfide) groups is 1. The third-order valence-electron chi connectivity index (χ3n) is 5.52. The van der Waals surface area contributed by atoms with Crippen LogP contribution in [0.25, 0.3) is 5.65 Å². The van der Waals surface area contributed by atoms with E-state index < -0.39 is 0 Å². The van der Waals surface area contributed by atoms with Crippen molar-refractivity contribution >= 4 is 34.9 Å². The number of hydrogen-bond acceptors (Lipinski definition) is 7. The average Bonchev–Trinajstić information content (AvgIpc) is 3.27. The molecule has 2 aromatic heterocycles. The summed E-state index contributed by atoms with van der Waals surface area (Å²) in [5.74, 6) is 1.26. The molecule has 0 aliphatic heterocycles. The number of anilines is 1. The lowest BCUT2D eigenvalue weighted by atomic mass is 10.1. The molecule has 0 fully saturated rings. The molecule has 2 amide bonds. The van der Waals surface area contributed by atoms with Crippen molar-refractivity contribution in [2.45, 2.75) is 25.3 Å². The van der Waals surface area contributed by atoms with Gasteiger partial charge in [0, 0.05) is 24.2 Å². The summed E-state index contributed by atoms with van der Waals surface area (Å²) >= 11 is 1.33. The minimum Gasteiger partial charge on any atom is -0.497 e. The maximum absolute atomic E-state index is 12.4. The van der Waals surface area contributed by atoms with Gasteiger partial charge in [0.25, 0.3) is 5.91 Å². The quantitative estimate of drug-likeness (QED) is 0.346. The summed E-state index contributed by atoms with van der Waals surface area (Å²) in [5, 5.41) is 19.4. The summed E-state index contributed by atoms with van der Waals surface area (Å²) in [6.07, 6.45) is 0.456. The molecule has 0 aliphatic carbocycles. The topological polar surface area (TPSA) is 111 Å². The number of amides is 2. The minimum absolute atomic E-state index is 0.101. The second-order valence-corrected chi connectivity index (χ2v) is 8.87. The number of fused-ring (bicyclic) bond motifs is 1. The van der Waals surface area contributed by atoms with Crippen molar-refractivity contribution in [3.63, 3.8) is 0 Å². The molecule has 0 atom stereocenters. The smallest absolute Gasteiger partial charge is 0.251 e. The zero-order valence-electron chi connectivity index (χ0n) is 19.7. The Labute approximate surface area is 207 Å². The van der Waals surface area contributed by atoms with Crippen molar-refractivity contribution in [3.05, 3.63) is 77.1 Å². The van der Waals surface area contributed by atoms with E-state index in [1.165, 1.54) is 11.8 Å². The van der Waals surface area contributed by atoms with Crippen molar-refractivity contribution < 1.29 is 14.3 Å². The van der Waals surface area contributed by atoms with Gasteiger partial charge in [0.15, 0.2) is 11.5 Å². The van der Waals surface area contributed by atoms with E-state index in [0.29, 0.717) is 40.8 Å². The first-order valence-electron chi connectivity index (χ1n) is 11.1. The third-order valence-corrected chi connectivity index (χ3v) is 6.44. The minimum atomic E-state index is -0.180. The number of carbonyl (C=O) groups is 2. The molecular formula is C25H26N6O3S. The third kappa shape index (κ3) is 5.96. The van der Waals surface area contributed by atoms with E-state index in [2.05, 4.69) is 25.9 Å². The van der Waals surface area contributed by atoms with Crippen molar-refractivity contribution in [3.8, 4) is 5.75 Å². The second kappa shape index (κ2) is 11.0. The molecule has 0 saturated carbocycles. The maximum atomic E-state index is 12.4. The number of ether oxygens (including phenoxy) is 1. The monoisotopic (exact) mass is 490 g/mol. The van der Waals surface area contributed by atoms with E-state index in [4.69, 9.17) is 4.74 Å². The largest absolute Gasteiger partial charge is 0.497 e. The molecule has 0 aliphatic rings. The lowest BCUT2D eigenvalue weighted by Gasteiger charge is -2.10. The molecule has 2 N–H and O–H groups in total. The van der Waals surface area contributed by atoms with E-state index in [1.54, 1.807) is 35.9 Å². The predicted molar refractivity (Wildman–Crippen MR) is 135 cm³/mol. The van der Waals surface area contributed by atoms with Crippen LogP contribution in [-0.2, 0) is 11.2 Å². The molecule has 0 unspecified atom stereocenters. The Kier molecular flexibility index (Phi) is 7.61. The Balaban J connectivity index is 1.33. The first kappa shape index (κ1) is 24.2. The van der Waals surface area contributed by atoms with Crippen molar-refractivity contribution in [2.75, 3.05) is 24.7 Å². The van der Waals surface area contributed by atoms with Gasteiger partial charge in [-0.15, -0.1) is 10.2 Å². The van der Waals surface area contributed by atoms with Gasteiger partial charge in [-0.05, 0) is 67.4 Å². The Hall–Kier alpha value is -3.92. The van der Waals surface area contributed by atoms with Crippen molar-refractivity contribution in [1.82, 2.24) is 25.1 Å².